The van der Waals surface area contributed by atoms with Crippen molar-refractivity contribution in [1.29, 1.82) is 0 Å². The molecule has 28 heavy (non-hydrogen) atoms. The summed E-state index contributed by atoms with van der Waals surface area (Å²) in [6.07, 6.45) is 0. The number of rotatable bonds is 6. The van der Waals surface area contributed by atoms with Gasteiger partial charge in [-0.2, -0.15) is 0 Å². The smallest absolute Gasteiger partial charge is 0.166 e. The van der Waals surface area contributed by atoms with Crippen LogP contribution in [0.1, 0.15) is 0 Å². The lowest BCUT2D eigenvalue weighted by Crippen LogP contribution is -2.04. The summed E-state index contributed by atoms with van der Waals surface area (Å²) in [5.74, 6) is 1.71. The van der Waals surface area contributed by atoms with Gasteiger partial charge < -0.3 is 4.74 Å². The van der Waals surface area contributed by atoms with Crippen LogP contribution in [-0.4, -0.2) is 4.51 Å². The first-order valence-corrected chi connectivity index (χ1v) is 12.8. The van der Waals surface area contributed by atoms with Gasteiger partial charge in [-0.15, -0.1) is 0 Å². The fourth-order valence-electron chi connectivity index (χ4n) is 2.89. The fourth-order valence-corrected chi connectivity index (χ4v) is 5.84. The maximum atomic E-state index is 6.02. The molecule has 0 aliphatic heterocycles. The maximum Gasteiger partial charge on any atom is 0.166 e. The van der Waals surface area contributed by atoms with E-state index in [1.807, 2.05) is 12.1 Å². The third kappa shape index (κ3) is 4.54. The molecule has 0 aliphatic carbocycles. The quantitative estimate of drug-likeness (QED) is 0.204. The Morgan fingerprint density at radius 1 is 0.536 bits per heavy atom. The molecule has 4 aromatic carbocycles. The van der Waals surface area contributed by atoms with Gasteiger partial charge in [0.15, 0.2) is 14.7 Å². The van der Waals surface area contributed by atoms with E-state index in [0.29, 0.717) is 0 Å². The van der Waals surface area contributed by atoms with Crippen molar-refractivity contribution in [2.75, 3.05) is 0 Å². The Labute approximate surface area is 179 Å². The minimum Gasteiger partial charge on any atom is -0.457 e. The summed E-state index contributed by atoms with van der Waals surface area (Å²) in [4.78, 5) is 3.91. The second-order valence-corrected chi connectivity index (χ2v) is 10.1. The molecule has 4 rings (SSSR count). The predicted octanol–water partition coefficient (Wildman–Crippen LogP) is 7.15. The fraction of sp³-hybridized carbons (Fsp3) is 0. The summed E-state index contributed by atoms with van der Waals surface area (Å²) < 4.78 is 11.4. The van der Waals surface area contributed by atoms with Gasteiger partial charge in [0.25, 0.3) is 0 Å². The standard InChI is InChI=1S/C25H20IOS/c1-26-20-12-14-21(15-13-20)27-22-16-18-25(19-17-22)28(23-8-4-2-5-9-23)24-10-6-3-7-11-24/h2-19H,1H2/q+1. The maximum absolute atomic E-state index is 6.02. The largest absolute Gasteiger partial charge is 0.457 e. The third-order valence-electron chi connectivity index (χ3n) is 4.22. The minimum absolute atomic E-state index is 0.126. The number of hydrogen-bond acceptors (Lipinski definition) is 1. The van der Waals surface area contributed by atoms with Crippen molar-refractivity contribution in [1.82, 2.24) is 0 Å². The molecule has 138 valence electrons. The second kappa shape index (κ2) is 9.22. The topological polar surface area (TPSA) is 9.23 Å². The molecule has 0 saturated carbocycles. The zero-order valence-corrected chi connectivity index (χ0v) is 18.3. The molecule has 0 N–H and O–H groups in total. The minimum atomic E-state index is -0.133. The Balaban J connectivity index is 1.62. The predicted molar refractivity (Wildman–Crippen MR) is 128 cm³/mol. The Kier molecular flexibility index (Phi) is 6.24. The lowest BCUT2D eigenvalue weighted by molar-refractivity contribution is 0.482. The van der Waals surface area contributed by atoms with Gasteiger partial charge in [-0.25, -0.2) is 0 Å². The molecule has 1 nitrogen and oxygen atoms in total. The molecule has 0 spiro atoms. The molecule has 4 aromatic rings. The summed E-state index contributed by atoms with van der Waals surface area (Å²) in [6.45, 7) is 0. The highest BCUT2D eigenvalue weighted by Crippen LogP contribution is 2.32. The van der Waals surface area contributed by atoms with Crippen molar-refractivity contribution < 1.29 is 4.74 Å². The molecule has 0 saturated heterocycles. The SMILES string of the molecule is C=Ic1ccc(Oc2ccc([S+](c3ccccc3)c3ccccc3)cc2)cc1. The van der Waals surface area contributed by atoms with Gasteiger partial charge in [-0.3, -0.25) is 0 Å². The first-order valence-electron chi connectivity index (χ1n) is 8.94. The molecule has 0 bridgehead atoms. The van der Waals surface area contributed by atoms with Gasteiger partial charge in [0.1, 0.15) is 11.5 Å². The van der Waals surface area contributed by atoms with Crippen LogP contribution in [0.4, 0.5) is 0 Å². The molecule has 0 amide bonds. The van der Waals surface area contributed by atoms with E-state index in [0.717, 1.165) is 11.5 Å². The zero-order chi connectivity index (χ0) is 19.2. The van der Waals surface area contributed by atoms with Crippen LogP contribution in [0.3, 0.4) is 0 Å². The molecule has 0 radical (unpaired) electrons. The van der Waals surface area contributed by atoms with Gasteiger partial charge in [0.2, 0.25) is 0 Å². The van der Waals surface area contributed by atoms with Crippen LogP contribution in [-0.2, 0) is 10.9 Å². The van der Waals surface area contributed by atoms with Crippen molar-refractivity contribution in [3.05, 3.63) is 113 Å². The Morgan fingerprint density at radius 2 is 0.964 bits per heavy atom. The number of ether oxygens (including phenoxy) is 1. The first-order chi connectivity index (χ1) is 13.8. The van der Waals surface area contributed by atoms with Crippen LogP contribution in [0.5, 0.6) is 11.5 Å². The molecule has 0 aliphatic rings. The van der Waals surface area contributed by atoms with E-state index < -0.39 is 0 Å². The normalized spacial score (nSPS) is 10.8. The molecule has 3 heteroatoms. The van der Waals surface area contributed by atoms with Crippen molar-refractivity contribution in [3.63, 3.8) is 0 Å². The van der Waals surface area contributed by atoms with Crippen molar-refractivity contribution in [2.45, 2.75) is 14.7 Å². The van der Waals surface area contributed by atoms with E-state index in [2.05, 4.69) is 102 Å². The molecular weight excluding hydrogens is 475 g/mol. The Bertz CT molecular complexity index is 990. The van der Waals surface area contributed by atoms with Crippen molar-refractivity contribution in [3.8, 4) is 11.5 Å². The highest BCUT2D eigenvalue weighted by molar-refractivity contribution is 14.2. The van der Waals surface area contributed by atoms with E-state index in [1.54, 1.807) is 0 Å². The van der Waals surface area contributed by atoms with Crippen LogP contribution in [0.2, 0.25) is 0 Å². The second-order valence-electron chi connectivity index (χ2n) is 6.09. The van der Waals surface area contributed by atoms with E-state index >= 15 is 0 Å². The Hall–Kier alpha value is -2.37. The molecule has 0 atom stereocenters. The molecule has 0 fully saturated rings. The van der Waals surface area contributed by atoms with Crippen LogP contribution in [0.25, 0.3) is 0 Å². The van der Waals surface area contributed by atoms with E-state index in [1.165, 1.54) is 18.3 Å². The van der Waals surface area contributed by atoms with Crippen molar-refractivity contribution >= 4 is 36.1 Å². The van der Waals surface area contributed by atoms with Gasteiger partial charge in [0.05, 0.1) is 10.9 Å². The Morgan fingerprint density at radius 3 is 1.43 bits per heavy atom. The number of benzene rings is 4. The summed E-state index contributed by atoms with van der Waals surface area (Å²) in [7, 11) is -0.133. The highest BCUT2D eigenvalue weighted by atomic mass is 127. The van der Waals surface area contributed by atoms with Gasteiger partial charge in [0, 0.05) is 3.57 Å². The summed E-state index contributed by atoms with van der Waals surface area (Å²) in [5.41, 5.74) is 0. The van der Waals surface area contributed by atoms with Crippen LogP contribution in [0.15, 0.2) is 124 Å². The van der Waals surface area contributed by atoms with Gasteiger partial charge >= 0.3 is 0 Å². The first kappa shape index (κ1) is 19.0. The third-order valence-corrected chi connectivity index (χ3v) is 8.05. The van der Waals surface area contributed by atoms with E-state index in [9.17, 15) is 0 Å². The number of halogens is 1. The van der Waals surface area contributed by atoms with Crippen LogP contribution < -0.4 is 4.74 Å². The van der Waals surface area contributed by atoms with Crippen LogP contribution in [0, 0.1) is 3.57 Å². The van der Waals surface area contributed by atoms with Crippen LogP contribution >= 0.6 is 20.7 Å². The summed E-state index contributed by atoms with van der Waals surface area (Å²) >= 11 is -0.126. The number of hydrogen-bond donors (Lipinski definition) is 0. The molecule has 0 unspecified atom stereocenters. The van der Waals surface area contributed by atoms with E-state index in [4.69, 9.17) is 4.74 Å². The van der Waals surface area contributed by atoms with Crippen molar-refractivity contribution in [2.24, 2.45) is 0 Å². The molecule has 0 heterocycles. The zero-order valence-electron chi connectivity index (χ0n) is 15.3. The molecular formula is C25H20IOS+. The summed E-state index contributed by atoms with van der Waals surface area (Å²) in [6, 6.07) is 38.1. The lowest BCUT2D eigenvalue weighted by atomic mass is 10.3. The van der Waals surface area contributed by atoms with Gasteiger partial charge in [-0.05, 0) is 72.8 Å². The summed E-state index contributed by atoms with van der Waals surface area (Å²) in [5, 5.41) is 0. The average molecular weight is 495 g/mol. The average Bonchev–Trinajstić information content (AvgIpc) is 2.77. The molecule has 0 aromatic heterocycles. The van der Waals surface area contributed by atoms with E-state index in [-0.39, 0.29) is 31.6 Å². The lowest BCUT2D eigenvalue weighted by Gasteiger charge is -2.09. The van der Waals surface area contributed by atoms with Gasteiger partial charge in [-0.1, -0.05) is 61.6 Å². The monoisotopic (exact) mass is 495 g/mol. The highest BCUT2D eigenvalue weighted by Gasteiger charge is 2.28.